The van der Waals surface area contributed by atoms with E-state index in [1.165, 1.54) is 13.0 Å². The summed E-state index contributed by atoms with van der Waals surface area (Å²) in [7, 11) is 0. The highest BCUT2D eigenvalue weighted by atomic mass is 16.6. The minimum Gasteiger partial charge on any atom is -0.491 e. The second kappa shape index (κ2) is 5.82. The molecule has 0 aliphatic carbocycles. The largest absolute Gasteiger partial charge is 0.491 e. The van der Waals surface area contributed by atoms with Crippen LogP contribution in [-0.2, 0) is 14.3 Å². The molecule has 2 aromatic rings. The number of benzene rings is 1. The zero-order valence-electron chi connectivity index (χ0n) is 14.6. The van der Waals surface area contributed by atoms with Gasteiger partial charge in [-0.15, -0.1) is 0 Å². The van der Waals surface area contributed by atoms with Crippen molar-refractivity contribution in [1.82, 2.24) is 0 Å². The summed E-state index contributed by atoms with van der Waals surface area (Å²) in [6.45, 7) is 3.72. The SMILES string of the molecule is C[C@]1(C[C@H]2C[C@@](C)(O)C(=O)O2)O[C@@H]1COc1ccc2ccc(=O)oc2c1. The Bertz CT molecular complexity index is 915. The third-order valence-corrected chi connectivity index (χ3v) is 5.00. The third-order valence-electron chi connectivity index (χ3n) is 5.00. The number of hydrogen-bond donors (Lipinski definition) is 1. The molecule has 4 rings (SSSR count). The molecule has 0 amide bonds. The van der Waals surface area contributed by atoms with E-state index in [9.17, 15) is 14.7 Å². The molecule has 2 aliphatic rings. The van der Waals surface area contributed by atoms with Gasteiger partial charge in [0.25, 0.3) is 0 Å². The molecule has 3 heterocycles. The summed E-state index contributed by atoms with van der Waals surface area (Å²) in [5.41, 5.74) is -1.81. The van der Waals surface area contributed by atoms with Gasteiger partial charge in [-0.3, -0.25) is 0 Å². The third kappa shape index (κ3) is 3.20. The molecule has 7 nitrogen and oxygen atoms in total. The van der Waals surface area contributed by atoms with Crippen molar-refractivity contribution in [1.29, 1.82) is 0 Å². The monoisotopic (exact) mass is 360 g/mol. The normalized spacial score (nSPS) is 33.3. The van der Waals surface area contributed by atoms with Crippen LogP contribution in [0.2, 0.25) is 0 Å². The first kappa shape index (κ1) is 17.1. The fraction of sp³-hybridized carbons (Fsp3) is 0.474. The predicted octanol–water partition coefficient (Wildman–Crippen LogP) is 1.79. The number of fused-ring (bicyclic) bond motifs is 1. The molecule has 1 aromatic heterocycles. The Balaban J connectivity index is 1.35. The Morgan fingerprint density at radius 1 is 1.23 bits per heavy atom. The first-order valence-electron chi connectivity index (χ1n) is 8.53. The van der Waals surface area contributed by atoms with Crippen LogP contribution in [0.15, 0.2) is 39.5 Å². The quantitative estimate of drug-likeness (QED) is 0.493. The number of epoxide rings is 1. The standard InChI is InChI=1S/C19H20O7/c1-18(22)8-13(24-17(18)21)9-19(2)15(26-19)10-23-12-5-3-11-4-6-16(20)25-14(11)7-12/h3-7,13,15,22H,8-10H2,1-2H3/t13-,15-,18-,19-/m1/s1. The molecule has 26 heavy (non-hydrogen) atoms. The van der Waals surface area contributed by atoms with Gasteiger partial charge >= 0.3 is 11.6 Å². The van der Waals surface area contributed by atoms with E-state index in [1.54, 1.807) is 18.2 Å². The molecule has 2 fully saturated rings. The molecule has 7 heteroatoms. The lowest BCUT2D eigenvalue weighted by Gasteiger charge is -2.13. The van der Waals surface area contributed by atoms with Gasteiger partial charge in [-0.05, 0) is 32.0 Å². The molecule has 4 atom stereocenters. The maximum atomic E-state index is 11.6. The van der Waals surface area contributed by atoms with Gasteiger partial charge < -0.3 is 23.7 Å². The van der Waals surface area contributed by atoms with Crippen LogP contribution >= 0.6 is 0 Å². The Hall–Kier alpha value is -2.38. The van der Waals surface area contributed by atoms with Crippen LogP contribution in [0.5, 0.6) is 5.75 Å². The Kier molecular flexibility index (Phi) is 3.82. The summed E-state index contributed by atoms with van der Waals surface area (Å²) in [6.07, 6.45) is 0.282. The van der Waals surface area contributed by atoms with Crippen molar-refractivity contribution in [2.75, 3.05) is 6.61 Å². The molecule has 1 aromatic carbocycles. The summed E-state index contributed by atoms with van der Waals surface area (Å²) in [5.74, 6) is -0.00265. The summed E-state index contributed by atoms with van der Waals surface area (Å²) in [6, 6.07) is 8.37. The lowest BCUT2D eigenvalue weighted by molar-refractivity contribution is -0.153. The number of rotatable bonds is 5. The number of carbonyl (C=O) groups is 1. The smallest absolute Gasteiger partial charge is 0.338 e. The minimum absolute atomic E-state index is 0.134. The Morgan fingerprint density at radius 3 is 2.73 bits per heavy atom. The van der Waals surface area contributed by atoms with Gasteiger partial charge in [-0.1, -0.05) is 0 Å². The second-order valence-corrected chi connectivity index (χ2v) is 7.39. The van der Waals surface area contributed by atoms with E-state index in [1.807, 2.05) is 13.0 Å². The minimum atomic E-state index is -1.42. The van der Waals surface area contributed by atoms with Gasteiger partial charge in [0, 0.05) is 30.4 Å². The van der Waals surface area contributed by atoms with Crippen molar-refractivity contribution in [2.24, 2.45) is 0 Å². The van der Waals surface area contributed by atoms with Gasteiger partial charge in [-0.25, -0.2) is 9.59 Å². The van der Waals surface area contributed by atoms with Crippen LogP contribution in [0.1, 0.15) is 26.7 Å². The van der Waals surface area contributed by atoms with Crippen molar-refractivity contribution >= 4 is 16.9 Å². The van der Waals surface area contributed by atoms with Crippen molar-refractivity contribution in [3.05, 3.63) is 40.8 Å². The highest BCUT2D eigenvalue weighted by Gasteiger charge is 2.56. The topological polar surface area (TPSA) is 98.5 Å². The fourth-order valence-electron chi connectivity index (χ4n) is 3.40. The molecule has 2 saturated heterocycles. The lowest BCUT2D eigenvalue weighted by atomic mass is 9.94. The van der Waals surface area contributed by atoms with E-state index >= 15 is 0 Å². The highest BCUT2D eigenvalue weighted by Crippen LogP contribution is 2.43. The Morgan fingerprint density at radius 2 is 2.00 bits per heavy atom. The van der Waals surface area contributed by atoms with E-state index in [2.05, 4.69) is 0 Å². The van der Waals surface area contributed by atoms with Crippen molar-refractivity contribution in [3.63, 3.8) is 0 Å². The van der Waals surface area contributed by atoms with Crippen LogP contribution in [0.4, 0.5) is 0 Å². The summed E-state index contributed by atoms with van der Waals surface area (Å²) in [4.78, 5) is 22.9. The summed E-state index contributed by atoms with van der Waals surface area (Å²) in [5, 5.41) is 10.7. The highest BCUT2D eigenvalue weighted by molar-refractivity contribution is 5.81. The summed E-state index contributed by atoms with van der Waals surface area (Å²) >= 11 is 0. The zero-order valence-corrected chi connectivity index (χ0v) is 14.6. The molecular formula is C19H20O7. The van der Waals surface area contributed by atoms with Crippen molar-refractivity contribution in [3.8, 4) is 5.75 Å². The average molecular weight is 360 g/mol. The van der Waals surface area contributed by atoms with Crippen LogP contribution in [-0.4, -0.2) is 41.1 Å². The van der Waals surface area contributed by atoms with Gasteiger partial charge in [-0.2, -0.15) is 0 Å². The van der Waals surface area contributed by atoms with E-state index in [4.69, 9.17) is 18.6 Å². The van der Waals surface area contributed by atoms with Gasteiger partial charge in [0.2, 0.25) is 0 Å². The number of ether oxygens (including phenoxy) is 3. The fourth-order valence-corrected chi connectivity index (χ4v) is 3.40. The predicted molar refractivity (Wildman–Crippen MR) is 91.0 cm³/mol. The van der Waals surface area contributed by atoms with Gasteiger partial charge in [0.1, 0.15) is 30.1 Å². The molecule has 138 valence electrons. The number of hydrogen-bond acceptors (Lipinski definition) is 7. The molecule has 0 radical (unpaired) electrons. The Labute approximate surface area is 149 Å². The molecule has 0 spiro atoms. The number of cyclic esters (lactones) is 1. The molecule has 0 unspecified atom stereocenters. The number of aliphatic hydroxyl groups is 1. The molecule has 1 N–H and O–H groups in total. The van der Waals surface area contributed by atoms with Crippen molar-refractivity contribution in [2.45, 2.75) is 50.1 Å². The van der Waals surface area contributed by atoms with Gasteiger partial charge in [0.05, 0.1) is 5.60 Å². The summed E-state index contributed by atoms with van der Waals surface area (Å²) < 4.78 is 21.8. The maximum absolute atomic E-state index is 11.6. The first-order chi connectivity index (χ1) is 12.2. The van der Waals surface area contributed by atoms with E-state index in [0.717, 1.165) is 5.39 Å². The molecular weight excluding hydrogens is 340 g/mol. The van der Waals surface area contributed by atoms with E-state index < -0.39 is 22.8 Å². The number of esters is 1. The number of carbonyl (C=O) groups excluding carboxylic acids is 1. The van der Waals surface area contributed by atoms with Crippen LogP contribution in [0.3, 0.4) is 0 Å². The molecule has 0 bridgehead atoms. The van der Waals surface area contributed by atoms with Crippen molar-refractivity contribution < 1.29 is 28.5 Å². The first-order valence-corrected chi connectivity index (χ1v) is 8.53. The molecule has 2 aliphatic heterocycles. The molecule has 0 saturated carbocycles. The zero-order chi connectivity index (χ0) is 18.5. The van der Waals surface area contributed by atoms with Crippen LogP contribution in [0.25, 0.3) is 11.0 Å². The van der Waals surface area contributed by atoms with E-state index in [-0.39, 0.29) is 18.6 Å². The second-order valence-electron chi connectivity index (χ2n) is 7.39. The van der Waals surface area contributed by atoms with Crippen LogP contribution in [0, 0.1) is 0 Å². The van der Waals surface area contributed by atoms with E-state index in [0.29, 0.717) is 24.4 Å². The van der Waals surface area contributed by atoms with Gasteiger partial charge in [0.15, 0.2) is 5.60 Å². The maximum Gasteiger partial charge on any atom is 0.338 e. The average Bonchev–Trinajstić information content (AvgIpc) is 3.12. The van der Waals surface area contributed by atoms with Crippen LogP contribution < -0.4 is 10.4 Å². The lowest BCUT2D eigenvalue weighted by Crippen LogP contribution is -2.29.